The Hall–Kier alpha value is -1.26. The molecule has 1 aliphatic carbocycles. The Morgan fingerprint density at radius 3 is 3.18 bits per heavy atom. The molecule has 11 heavy (non-hydrogen) atoms. The van der Waals surface area contributed by atoms with Gasteiger partial charge in [0.1, 0.15) is 0 Å². The molecular weight excluding hydrogens is 146 g/mol. The van der Waals surface area contributed by atoms with Crippen LogP contribution in [-0.2, 0) is 0 Å². The predicted molar refractivity (Wildman–Crippen MR) is 38.1 cm³/mol. The Morgan fingerprint density at radius 1 is 1.73 bits per heavy atom. The second-order valence-electron chi connectivity index (χ2n) is 2.96. The molecule has 1 aliphatic heterocycles. The van der Waals surface area contributed by atoms with Crippen LogP contribution in [0.5, 0.6) is 0 Å². The lowest BCUT2D eigenvalue weighted by Crippen LogP contribution is -2.36. The molecule has 0 bridgehead atoms. The summed E-state index contributed by atoms with van der Waals surface area (Å²) in [5, 5.41) is 16.0. The van der Waals surface area contributed by atoms with Crippen LogP contribution in [0.4, 0.5) is 0 Å². The van der Waals surface area contributed by atoms with Crippen molar-refractivity contribution in [1.29, 1.82) is 0 Å². The molecule has 2 aliphatic rings. The summed E-state index contributed by atoms with van der Waals surface area (Å²) in [7, 11) is 0. The highest BCUT2D eigenvalue weighted by molar-refractivity contribution is 5.09. The van der Waals surface area contributed by atoms with E-state index in [0.717, 1.165) is 19.2 Å². The molecule has 2 N–H and O–H groups in total. The van der Waals surface area contributed by atoms with Gasteiger partial charge >= 0.3 is 0 Å². The second kappa shape index (κ2) is 2.11. The third-order valence-electron chi connectivity index (χ3n) is 2.05. The van der Waals surface area contributed by atoms with Gasteiger partial charge in [0.15, 0.2) is 5.82 Å². The SMILES string of the molecule is O=[N+]([O-])/C=C1/NCC2CC2N1. The van der Waals surface area contributed by atoms with Crippen LogP contribution in [0.3, 0.4) is 0 Å². The van der Waals surface area contributed by atoms with E-state index in [2.05, 4.69) is 10.6 Å². The molecule has 2 rings (SSSR count). The molecule has 0 spiro atoms. The van der Waals surface area contributed by atoms with Crippen molar-refractivity contribution in [3.8, 4) is 0 Å². The average Bonchev–Trinajstić information content (AvgIpc) is 2.63. The zero-order valence-corrected chi connectivity index (χ0v) is 5.91. The van der Waals surface area contributed by atoms with Gasteiger partial charge in [0.2, 0.25) is 0 Å². The van der Waals surface area contributed by atoms with Gasteiger partial charge in [0.25, 0.3) is 6.20 Å². The number of nitrogens with one attached hydrogen (secondary N) is 2. The molecule has 0 radical (unpaired) electrons. The van der Waals surface area contributed by atoms with E-state index >= 15 is 0 Å². The molecule has 0 aromatic carbocycles. The van der Waals surface area contributed by atoms with Gasteiger partial charge < -0.3 is 10.6 Å². The van der Waals surface area contributed by atoms with Crippen LogP contribution < -0.4 is 10.6 Å². The van der Waals surface area contributed by atoms with E-state index in [0.29, 0.717) is 17.8 Å². The van der Waals surface area contributed by atoms with Crippen LogP contribution in [0.25, 0.3) is 0 Å². The normalized spacial score (nSPS) is 36.9. The topological polar surface area (TPSA) is 67.2 Å². The van der Waals surface area contributed by atoms with Gasteiger partial charge in [-0.1, -0.05) is 0 Å². The number of fused-ring (bicyclic) bond motifs is 1. The van der Waals surface area contributed by atoms with E-state index in [-0.39, 0.29) is 0 Å². The van der Waals surface area contributed by atoms with E-state index in [1.54, 1.807) is 0 Å². The molecular formula is C6H9N3O2. The predicted octanol–water partition coefficient (Wildman–Crippen LogP) is -0.357. The molecule has 0 aromatic rings. The highest BCUT2D eigenvalue weighted by Gasteiger charge is 2.40. The van der Waals surface area contributed by atoms with Gasteiger partial charge in [-0.3, -0.25) is 10.1 Å². The summed E-state index contributed by atoms with van der Waals surface area (Å²) in [4.78, 5) is 9.59. The average molecular weight is 155 g/mol. The number of nitrogens with zero attached hydrogens (tertiary/aromatic N) is 1. The Bertz CT molecular complexity index is 226. The van der Waals surface area contributed by atoms with Gasteiger partial charge in [-0.15, -0.1) is 0 Å². The van der Waals surface area contributed by atoms with Crippen molar-refractivity contribution in [1.82, 2.24) is 10.6 Å². The molecule has 5 nitrogen and oxygen atoms in total. The molecule has 0 aromatic heterocycles. The molecule has 0 amide bonds. The molecule has 2 atom stereocenters. The third kappa shape index (κ3) is 1.26. The smallest absolute Gasteiger partial charge is 0.274 e. The van der Waals surface area contributed by atoms with Crippen molar-refractivity contribution in [2.24, 2.45) is 5.92 Å². The minimum Gasteiger partial charge on any atom is -0.366 e. The van der Waals surface area contributed by atoms with E-state index < -0.39 is 4.92 Å². The van der Waals surface area contributed by atoms with Crippen LogP contribution in [0.1, 0.15) is 6.42 Å². The third-order valence-corrected chi connectivity index (χ3v) is 2.05. The lowest BCUT2D eigenvalue weighted by molar-refractivity contribution is -0.404. The first-order valence-electron chi connectivity index (χ1n) is 3.61. The van der Waals surface area contributed by atoms with Crippen molar-refractivity contribution < 1.29 is 4.92 Å². The molecule has 5 heteroatoms. The summed E-state index contributed by atoms with van der Waals surface area (Å²) in [6, 6.07) is 0.488. The maximum atomic E-state index is 10.0. The number of nitro groups is 1. The zero-order valence-electron chi connectivity index (χ0n) is 5.91. The minimum absolute atomic E-state index is 0.446. The van der Waals surface area contributed by atoms with E-state index in [9.17, 15) is 10.1 Å². The highest BCUT2D eigenvalue weighted by Crippen LogP contribution is 2.32. The van der Waals surface area contributed by atoms with E-state index in [1.165, 1.54) is 0 Å². The van der Waals surface area contributed by atoms with Crippen molar-refractivity contribution in [3.63, 3.8) is 0 Å². The minimum atomic E-state index is -0.446. The van der Waals surface area contributed by atoms with E-state index in [1.807, 2.05) is 0 Å². The Labute approximate surface area is 63.6 Å². The molecule has 2 fully saturated rings. The molecule has 1 saturated heterocycles. The molecule has 1 heterocycles. The van der Waals surface area contributed by atoms with Crippen molar-refractivity contribution in [2.75, 3.05) is 6.54 Å². The van der Waals surface area contributed by atoms with Gasteiger partial charge in [-0.05, 0) is 12.3 Å². The highest BCUT2D eigenvalue weighted by atomic mass is 16.6. The fourth-order valence-electron chi connectivity index (χ4n) is 1.33. The summed E-state index contributed by atoms with van der Waals surface area (Å²) in [6.45, 7) is 0.872. The number of hydrogen-bond acceptors (Lipinski definition) is 4. The van der Waals surface area contributed by atoms with Crippen LogP contribution in [0, 0.1) is 16.0 Å². The summed E-state index contributed by atoms with van der Waals surface area (Å²) in [5.41, 5.74) is 0. The van der Waals surface area contributed by atoms with Crippen molar-refractivity contribution in [2.45, 2.75) is 12.5 Å². The maximum Gasteiger partial charge on any atom is 0.274 e. The summed E-state index contributed by atoms with van der Waals surface area (Å²) < 4.78 is 0. The standard InChI is InChI=1S/C6H9N3O2/c10-9(11)3-6-7-2-4-1-5(4)8-6/h3-5,7-8H,1-2H2/b6-3-. The van der Waals surface area contributed by atoms with E-state index in [4.69, 9.17) is 0 Å². The quantitative estimate of drug-likeness (QED) is 0.401. The second-order valence-corrected chi connectivity index (χ2v) is 2.96. The molecule has 2 unspecified atom stereocenters. The van der Waals surface area contributed by atoms with Gasteiger partial charge in [-0.25, -0.2) is 0 Å². The van der Waals surface area contributed by atoms with Crippen molar-refractivity contribution >= 4 is 0 Å². The first kappa shape index (κ1) is 6.45. The molecule has 1 saturated carbocycles. The van der Waals surface area contributed by atoms with Gasteiger partial charge in [0.05, 0.1) is 4.92 Å². The maximum absolute atomic E-state index is 10.0. The summed E-state index contributed by atoms with van der Waals surface area (Å²) in [5.74, 6) is 1.24. The van der Waals surface area contributed by atoms with Gasteiger partial charge in [0, 0.05) is 12.6 Å². The lowest BCUT2D eigenvalue weighted by atomic mass is 10.3. The van der Waals surface area contributed by atoms with Crippen LogP contribution in [0.15, 0.2) is 12.0 Å². The molecule has 60 valence electrons. The van der Waals surface area contributed by atoms with Crippen LogP contribution in [-0.4, -0.2) is 17.5 Å². The summed E-state index contributed by atoms with van der Waals surface area (Å²) >= 11 is 0. The number of hydrogen-bond donors (Lipinski definition) is 2. The van der Waals surface area contributed by atoms with Crippen molar-refractivity contribution in [3.05, 3.63) is 22.1 Å². The summed E-state index contributed by atoms with van der Waals surface area (Å²) in [6.07, 6.45) is 2.12. The van der Waals surface area contributed by atoms with Crippen LogP contribution in [0.2, 0.25) is 0 Å². The first-order valence-corrected chi connectivity index (χ1v) is 3.61. The number of rotatable bonds is 1. The Balaban J connectivity index is 1.99. The Kier molecular flexibility index (Phi) is 1.24. The fraction of sp³-hybridized carbons (Fsp3) is 0.667. The monoisotopic (exact) mass is 155 g/mol. The largest absolute Gasteiger partial charge is 0.366 e. The first-order chi connectivity index (χ1) is 5.25. The fourth-order valence-corrected chi connectivity index (χ4v) is 1.33. The lowest BCUT2D eigenvalue weighted by Gasteiger charge is -2.15. The van der Waals surface area contributed by atoms with Crippen LogP contribution >= 0.6 is 0 Å². The zero-order chi connectivity index (χ0) is 7.84. The van der Waals surface area contributed by atoms with Gasteiger partial charge in [-0.2, -0.15) is 0 Å². The Morgan fingerprint density at radius 2 is 2.55 bits per heavy atom.